The molecule has 0 bridgehead atoms. The third kappa shape index (κ3) is 3.71. The van der Waals surface area contributed by atoms with E-state index in [1.54, 1.807) is 0 Å². The second-order valence-corrected chi connectivity index (χ2v) is 14.7. The van der Waals surface area contributed by atoms with Crippen molar-refractivity contribution in [2.45, 2.75) is 0 Å². The van der Waals surface area contributed by atoms with Crippen LogP contribution in [0.3, 0.4) is 0 Å². The van der Waals surface area contributed by atoms with Crippen LogP contribution in [0.4, 0.5) is 0 Å². The van der Waals surface area contributed by atoms with Crippen molar-refractivity contribution in [2.75, 3.05) is 0 Å². The van der Waals surface area contributed by atoms with E-state index in [1.807, 2.05) is 17.4 Å². The van der Waals surface area contributed by atoms with Gasteiger partial charge in [-0.15, -0.1) is 11.3 Å². The normalized spacial score (nSPS) is 12.3. The fraction of sp³-hybridized carbons (Fsp3) is 0. The third-order valence-corrected chi connectivity index (χ3v) is 12.1. The highest BCUT2D eigenvalue weighted by atomic mass is 32.1. The van der Waals surface area contributed by atoms with Crippen molar-refractivity contribution >= 4 is 102 Å². The van der Waals surface area contributed by atoms with Crippen LogP contribution in [0.25, 0.3) is 113 Å². The maximum Gasteiger partial charge on any atom is 0.143 e. The average molecular weight is 666 g/mol. The number of rotatable bonds is 2. The van der Waals surface area contributed by atoms with Crippen molar-refractivity contribution in [1.29, 1.82) is 0 Å². The molecule has 8 aromatic carbocycles. The second kappa shape index (κ2) is 10.1. The van der Waals surface area contributed by atoms with Gasteiger partial charge in [0, 0.05) is 52.7 Å². The Hall–Kier alpha value is -6.42. The van der Waals surface area contributed by atoms with Crippen molar-refractivity contribution in [3.63, 3.8) is 0 Å². The van der Waals surface area contributed by atoms with Gasteiger partial charge in [0.15, 0.2) is 0 Å². The van der Waals surface area contributed by atoms with Crippen molar-refractivity contribution < 1.29 is 4.42 Å². The standard InChI is InChI=1S/C48H27NOS/c1-2-13-33-32(12-1)34-14-3-5-19-40(34)49-41-24-22-29(27-39(41)37-23-25-44-46(47(37)49)45-36(33)17-9-21-43(45)51-44)28-10-7-11-30(26-28)31-16-8-18-38-35-15-4-6-20-42(35)50-48(31)38/h1-27H. The van der Waals surface area contributed by atoms with Crippen LogP contribution < -0.4 is 0 Å². The molecule has 4 aromatic heterocycles. The van der Waals surface area contributed by atoms with E-state index in [0.717, 1.165) is 33.1 Å². The summed E-state index contributed by atoms with van der Waals surface area (Å²) in [5, 5.41) is 12.6. The summed E-state index contributed by atoms with van der Waals surface area (Å²) in [5.74, 6) is 0. The van der Waals surface area contributed by atoms with Crippen LogP contribution in [0.1, 0.15) is 0 Å². The minimum Gasteiger partial charge on any atom is -0.455 e. The van der Waals surface area contributed by atoms with Crippen LogP contribution in [0.15, 0.2) is 168 Å². The van der Waals surface area contributed by atoms with Gasteiger partial charge in [-0.3, -0.25) is 0 Å². The van der Waals surface area contributed by atoms with Crippen LogP contribution in [0, 0.1) is 0 Å². The number of hydrogen-bond donors (Lipinski definition) is 0. The molecule has 0 saturated carbocycles. The van der Waals surface area contributed by atoms with Crippen LogP contribution >= 0.6 is 11.3 Å². The lowest BCUT2D eigenvalue weighted by atomic mass is 9.96. The maximum absolute atomic E-state index is 6.44. The van der Waals surface area contributed by atoms with Crippen molar-refractivity contribution in [3.8, 4) is 22.3 Å². The number of fused-ring (bicyclic) bond motifs is 11. The Labute approximate surface area is 296 Å². The van der Waals surface area contributed by atoms with Gasteiger partial charge in [0.05, 0.1) is 16.6 Å². The van der Waals surface area contributed by atoms with E-state index < -0.39 is 0 Å². The van der Waals surface area contributed by atoms with Gasteiger partial charge in [0.25, 0.3) is 0 Å². The summed E-state index contributed by atoms with van der Waals surface area (Å²) in [6.45, 7) is 0. The summed E-state index contributed by atoms with van der Waals surface area (Å²) >= 11 is 1.90. The molecule has 236 valence electrons. The Balaban J connectivity index is 1.18. The van der Waals surface area contributed by atoms with Crippen LogP contribution in [0.5, 0.6) is 0 Å². The van der Waals surface area contributed by atoms with E-state index in [-0.39, 0.29) is 0 Å². The predicted octanol–water partition coefficient (Wildman–Crippen LogP) is 14.2. The minimum absolute atomic E-state index is 0.919. The highest BCUT2D eigenvalue weighted by Gasteiger charge is 2.20. The largest absolute Gasteiger partial charge is 0.455 e. The number of para-hydroxylation sites is 3. The molecule has 51 heavy (non-hydrogen) atoms. The van der Waals surface area contributed by atoms with Gasteiger partial charge in [0.2, 0.25) is 0 Å². The molecule has 0 saturated heterocycles. The highest BCUT2D eigenvalue weighted by Crippen LogP contribution is 2.46. The molecule has 2 nitrogen and oxygen atoms in total. The molecule has 0 spiro atoms. The van der Waals surface area contributed by atoms with Gasteiger partial charge in [-0.05, 0) is 75.3 Å². The molecule has 0 unspecified atom stereocenters. The summed E-state index contributed by atoms with van der Waals surface area (Å²) in [7, 11) is 0. The van der Waals surface area contributed by atoms with Crippen LogP contribution in [0.2, 0.25) is 0 Å². The first kappa shape index (κ1) is 27.4. The Morgan fingerprint density at radius 1 is 0.392 bits per heavy atom. The average Bonchev–Trinajstić information content (AvgIpc) is 3.87. The Morgan fingerprint density at radius 3 is 1.98 bits per heavy atom. The molecule has 0 aliphatic carbocycles. The smallest absolute Gasteiger partial charge is 0.143 e. The Kier molecular flexibility index (Phi) is 5.41. The molecule has 0 aliphatic rings. The van der Waals surface area contributed by atoms with E-state index >= 15 is 0 Å². The number of thiophene rings is 1. The maximum atomic E-state index is 6.44. The number of nitrogens with zero attached hydrogens (tertiary/aromatic N) is 1. The van der Waals surface area contributed by atoms with E-state index in [0.29, 0.717) is 0 Å². The van der Waals surface area contributed by atoms with Crippen molar-refractivity contribution in [1.82, 2.24) is 4.40 Å². The molecule has 12 rings (SSSR count). The molecular formula is C48H27NOS. The molecule has 0 atom stereocenters. The summed E-state index contributed by atoms with van der Waals surface area (Å²) in [6, 6.07) is 60.0. The predicted molar refractivity (Wildman–Crippen MR) is 218 cm³/mol. The Bertz CT molecular complexity index is 3420. The zero-order valence-electron chi connectivity index (χ0n) is 27.4. The van der Waals surface area contributed by atoms with Gasteiger partial charge in [0.1, 0.15) is 11.2 Å². The zero-order valence-corrected chi connectivity index (χ0v) is 28.2. The second-order valence-electron chi connectivity index (χ2n) is 13.6. The molecule has 12 aromatic rings. The molecule has 0 fully saturated rings. The fourth-order valence-corrected chi connectivity index (χ4v) is 9.89. The molecule has 0 radical (unpaired) electrons. The summed E-state index contributed by atoms with van der Waals surface area (Å²) in [5.41, 5.74) is 10.2. The number of benzene rings is 8. The molecule has 4 heterocycles. The zero-order chi connectivity index (χ0) is 33.2. The minimum atomic E-state index is 0.919. The summed E-state index contributed by atoms with van der Waals surface area (Å²) in [6.07, 6.45) is 0. The van der Waals surface area contributed by atoms with Gasteiger partial charge >= 0.3 is 0 Å². The molecule has 0 N–H and O–H groups in total. The van der Waals surface area contributed by atoms with Gasteiger partial charge in [-0.25, -0.2) is 0 Å². The van der Waals surface area contributed by atoms with E-state index in [4.69, 9.17) is 4.42 Å². The fourth-order valence-electron chi connectivity index (χ4n) is 8.75. The molecule has 0 aliphatic heterocycles. The lowest BCUT2D eigenvalue weighted by Gasteiger charge is -2.08. The van der Waals surface area contributed by atoms with Gasteiger partial charge in [-0.2, -0.15) is 0 Å². The first-order chi connectivity index (χ1) is 25.3. The van der Waals surface area contributed by atoms with E-state index in [9.17, 15) is 0 Å². The van der Waals surface area contributed by atoms with Gasteiger partial charge in [-0.1, -0.05) is 121 Å². The monoisotopic (exact) mass is 665 g/mol. The van der Waals surface area contributed by atoms with Crippen molar-refractivity contribution in [2.24, 2.45) is 0 Å². The van der Waals surface area contributed by atoms with Crippen molar-refractivity contribution in [3.05, 3.63) is 164 Å². The first-order valence-corrected chi connectivity index (χ1v) is 18.2. The topological polar surface area (TPSA) is 17.6 Å². The highest BCUT2D eigenvalue weighted by molar-refractivity contribution is 7.26. The first-order valence-electron chi connectivity index (χ1n) is 17.4. The van der Waals surface area contributed by atoms with Crippen LogP contribution in [-0.2, 0) is 0 Å². The van der Waals surface area contributed by atoms with Gasteiger partial charge < -0.3 is 8.82 Å². The summed E-state index contributed by atoms with van der Waals surface area (Å²) < 4.78 is 11.6. The SMILES string of the molecule is c1cc(-c2ccc3c(c2)c2ccc4sc5cccc6c7ccccc7c7ccccc7n3c2c4c56)cc(-c2cccc3c2oc2ccccc23)c1. The number of hydrogen-bond acceptors (Lipinski definition) is 2. The molecule has 0 amide bonds. The van der Waals surface area contributed by atoms with E-state index in [2.05, 4.69) is 162 Å². The summed E-state index contributed by atoms with van der Waals surface area (Å²) in [4.78, 5) is 0. The lowest BCUT2D eigenvalue weighted by molar-refractivity contribution is 0.670. The number of aromatic nitrogens is 1. The quantitative estimate of drug-likeness (QED) is 0.180. The molecule has 3 heteroatoms. The third-order valence-electron chi connectivity index (χ3n) is 11.0. The number of furan rings is 1. The van der Waals surface area contributed by atoms with E-state index in [1.165, 1.54) is 80.2 Å². The molecular weight excluding hydrogens is 639 g/mol. The Morgan fingerprint density at radius 2 is 1.06 bits per heavy atom. The van der Waals surface area contributed by atoms with Crippen LogP contribution in [-0.4, -0.2) is 4.40 Å². The lowest BCUT2D eigenvalue weighted by Crippen LogP contribution is -1.87.